The summed E-state index contributed by atoms with van der Waals surface area (Å²) in [4.78, 5) is 17.3. The van der Waals surface area contributed by atoms with Gasteiger partial charge in [0, 0.05) is 23.3 Å². The summed E-state index contributed by atoms with van der Waals surface area (Å²) >= 11 is 7.36. The van der Waals surface area contributed by atoms with Crippen LogP contribution in [-0.4, -0.2) is 9.55 Å². The van der Waals surface area contributed by atoms with Gasteiger partial charge in [-0.1, -0.05) is 11.6 Å². The molecule has 2 heterocycles. The molecule has 1 aliphatic rings. The molecule has 2 aromatic heterocycles. The van der Waals surface area contributed by atoms with Gasteiger partial charge < -0.3 is 9.88 Å². The van der Waals surface area contributed by atoms with Crippen molar-refractivity contribution in [3.63, 3.8) is 0 Å². The summed E-state index contributed by atoms with van der Waals surface area (Å²) in [6, 6.07) is 4.17. The van der Waals surface area contributed by atoms with Gasteiger partial charge in [0.05, 0.1) is 10.9 Å². The van der Waals surface area contributed by atoms with E-state index in [1.807, 2.05) is 12.1 Å². The van der Waals surface area contributed by atoms with Crippen molar-refractivity contribution in [2.45, 2.75) is 25.4 Å². The molecule has 1 saturated carbocycles. The fraction of sp³-hybridized carbons (Fsp3) is 0.333. The second kappa shape index (κ2) is 4.74. The maximum absolute atomic E-state index is 12.1. The standard InChI is InChI=1S/C12H12ClN3OS/c13-10-4-3-9(18-10)7-15-11-12(17)16(6-5-14-11)8-1-2-8/h3-6,8H,1-2,7H2,(H,14,15). The molecular formula is C12H12ClN3OS. The van der Waals surface area contributed by atoms with Gasteiger partial charge >= 0.3 is 0 Å². The number of nitrogens with zero attached hydrogens (tertiary/aromatic N) is 2. The molecule has 1 fully saturated rings. The van der Waals surface area contributed by atoms with Gasteiger partial charge in [-0.3, -0.25) is 4.79 Å². The maximum atomic E-state index is 12.1. The molecule has 0 spiro atoms. The molecular weight excluding hydrogens is 270 g/mol. The molecule has 3 rings (SSSR count). The molecule has 18 heavy (non-hydrogen) atoms. The Balaban J connectivity index is 1.76. The molecule has 0 aliphatic heterocycles. The highest BCUT2D eigenvalue weighted by atomic mass is 35.5. The summed E-state index contributed by atoms with van der Waals surface area (Å²) in [7, 11) is 0. The molecule has 0 unspecified atom stereocenters. The van der Waals surface area contributed by atoms with Crippen molar-refractivity contribution in [1.29, 1.82) is 0 Å². The van der Waals surface area contributed by atoms with Crippen LogP contribution in [-0.2, 0) is 6.54 Å². The van der Waals surface area contributed by atoms with E-state index >= 15 is 0 Å². The largest absolute Gasteiger partial charge is 0.361 e. The number of thiophene rings is 1. The minimum atomic E-state index is -0.0392. The number of rotatable bonds is 4. The molecule has 4 nitrogen and oxygen atoms in total. The second-order valence-electron chi connectivity index (χ2n) is 4.28. The van der Waals surface area contributed by atoms with Crippen molar-refractivity contribution in [2.75, 3.05) is 5.32 Å². The summed E-state index contributed by atoms with van der Waals surface area (Å²) in [5, 5.41) is 3.07. The predicted molar refractivity (Wildman–Crippen MR) is 73.4 cm³/mol. The SMILES string of the molecule is O=c1c(NCc2ccc(Cl)s2)nccn1C1CC1. The molecule has 6 heteroatoms. The minimum absolute atomic E-state index is 0.0392. The summed E-state index contributed by atoms with van der Waals surface area (Å²) in [6.07, 6.45) is 5.60. The summed E-state index contributed by atoms with van der Waals surface area (Å²) < 4.78 is 2.51. The number of aromatic nitrogens is 2. The lowest BCUT2D eigenvalue weighted by molar-refractivity contribution is 0.699. The fourth-order valence-corrected chi connectivity index (χ4v) is 2.83. The molecule has 0 aromatic carbocycles. The van der Waals surface area contributed by atoms with Crippen LogP contribution in [0.15, 0.2) is 29.3 Å². The van der Waals surface area contributed by atoms with Gasteiger partial charge in [-0.15, -0.1) is 11.3 Å². The highest BCUT2D eigenvalue weighted by molar-refractivity contribution is 7.16. The molecule has 0 saturated heterocycles. The molecule has 0 atom stereocenters. The molecule has 94 valence electrons. The third kappa shape index (κ3) is 2.42. The Morgan fingerprint density at radius 2 is 2.33 bits per heavy atom. The zero-order chi connectivity index (χ0) is 12.5. The van der Waals surface area contributed by atoms with Crippen molar-refractivity contribution in [3.05, 3.63) is 44.1 Å². The number of hydrogen-bond donors (Lipinski definition) is 1. The van der Waals surface area contributed by atoms with Crippen molar-refractivity contribution in [1.82, 2.24) is 9.55 Å². The predicted octanol–water partition coefficient (Wildman–Crippen LogP) is 2.91. The fourth-order valence-electron chi connectivity index (χ4n) is 1.80. The molecule has 0 bridgehead atoms. The Morgan fingerprint density at radius 3 is 3.00 bits per heavy atom. The van der Waals surface area contributed by atoms with Gasteiger partial charge in [0.25, 0.3) is 5.56 Å². The Kier molecular flexibility index (Phi) is 3.09. The monoisotopic (exact) mass is 281 g/mol. The number of anilines is 1. The zero-order valence-electron chi connectivity index (χ0n) is 9.60. The third-order valence-corrected chi connectivity index (χ3v) is 4.10. The summed E-state index contributed by atoms with van der Waals surface area (Å²) in [5.41, 5.74) is -0.0392. The number of hydrogen-bond acceptors (Lipinski definition) is 4. The number of halogens is 1. The van der Waals surface area contributed by atoms with Crippen molar-refractivity contribution in [3.8, 4) is 0 Å². The second-order valence-corrected chi connectivity index (χ2v) is 6.08. The van der Waals surface area contributed by atoms with Crippen LogP contribution in [0.1, 0.15) is 23.8 Å². The first-order valence-electron chi connectivity index (χ1n) is 5.79. The van der Waals surface area contributed by atoms with Gasteiger partial charge in [0.15, 0.2) is 5.82 Å². The topological polar surface area (TPSA) is 46.9 Å². The smallest absolute Gasteiger partial charge is 0.293 e. The lowest BCUT2D eigenvalue weighted by atomic mass is 10.4. The third-order valence-electron chi connectivity index (χ3n) is 2.87. The van der Waals surface area contributed by atoms with E-state index in [-0.39, 0.29) is 5.56 Å². The van der Waals surface area contributed by atoms with Crippen molar-refractivity contribution >= 4 is 28.8 Å². The number of nitrogens with one attached hydrogen (secondary N) is 1. The average molecular weight is 282 g/mol. The lowest BCUT2D eigenvalue weighted by Gasteiger charge is -2.07. The van der Waals surface area contributed by atoms with Crippen LogP contribution < -0.4 is 10.9 Å². The lowest BCUT2D eigenvalue weighted by Crippen LogP contribution is -2.23. The van der Waals surface area contributed by atoms with Crippen LogP contribution in [0.4, 0.5) is 5.82 Å². The van der Waals surface area contributed by atoms with Crippen LogP contribution in [0, 0.1) is 0 Å². The van der Waals surface area contributed by atoms with Crippen LogP contribution in [0.25, 0.3) is 0 Å². The van der Waals surface area contributed by atoms with E-state index in [0.29, 0.717) is 18.4 Å². The average Bonchev–Trinajstić information content (AvgIpc) is 3.11. The molecule has 2 aromatic rings. The quantitative estimate of drug-likeness (QED) is 0.937. The first kappa shape index (κ1) is 11.7. The Morgan fingerprint density at radius 1 is 1.50 bits per heavy atom. The normalized spacial score (nSPS) is 14.7. The summed E-state index contributed by atoms with van der Waals surface area (Å²) in [5.74, 6) is 0.411. The van der Waals surface area contributed by atoms with E-state index in [4.69, 9.17) is 11.6 Å². The summed E-state index contributed by atoms with van der Waals surface area (Å²) in [6.45, 7) is 0.578. The van der Waals surface area contributed by atoms with E-state index in [1.54, 1.807) is 17.0 Å². The molecule has 1 N–H and O–H groups in total. The van der Waals surface area contributed by atoms with Crippen LogP contribution >= 0.6 is 22.9 Å². The van der Waals surface area contributed by atoms with Crippen LogP contribution in [0.2, 0.25) is 4.34 Å². The first-order chi connectivity index (χ1) is 8.74. The van der Waals surface area contributed by atoms with Gasteiger partial charge in [-0.25, -0.2) is 4.98 Å². The Bertz CT molecular complexity index is 618. The molecule has 0 radical (unpaired) electrons. The van der Waals surface area contributed by atoms with Gasteiger partial charge in [-0.2, -0.15) is 0 Å². The van der Waals surface area contributed by atoms with E-state index in [2.05, 4.69) is 10.3 Å². The molecule has 1 aliphatic carbocycles. The van der Waals surface area contributed by atoms with Gasteiger partial charge in [0.2, 0.25) is 0 Å². The van der Waals surface area contributed by atoms with Crippen LogP contribution in [0.5, 0.6) is 0 Å². The zero-order valence-corrected chi connectivity index (χ0v) is 11.2. The minimum Gasteiger partial charge on any atom is -0.361 e. The van der Waals surface area contributed by atoms with E-state index in [1.165, 1.54) is 11.3 Å². The van der Waals surface area contributed by atoms with Gasteiger partial charge in [-0.05, 0) is 25.0 Å². The van der Waals surface area contributed by atoms with E-state index in [9.17, 15) is 4.79 Å². The maximum Gasteiger partial charge on any atom is 0.293 e. The van der Waals surface area contributed by atoms with Gasteiger partial charge in [0.1, 0.15) is 0 Å². The van der Waals surface area contributed by atoms with Crippen molar-refractivity contribution in [2.24, 2.45) is 0 Å². The van der Waals surface area contributed by atoms with E-state index in [0.717, 1.165) is 22.1 Å². The van der Waals surface area contributed by atoms with E-state index < -0.39 is 0 Å². The molecule has 0 amide bonds. The Hall–Kier alpha value is -1.33. The highest BCUT2D eigenvalue weighted by Crippen LogP contribution is 2.33. The highest BCUT2D eigenvalue weighted by Gasteiger charge is 2.25. The van der Waals surface area contributed by atoms with Crippen LogP contribution in [0.3, 0.4) is 0 Å². The first-order valence-corrected chi connectivity index (χ1v) is 6.99. The Labute approximate surface area is 113 Å². The van der Waals surface area contributed by atoms with Crippen molar-refractivity contribution < 1.29 is 0 Å².